The van der Waals surface area contributed by atoms with Crippen LogP contribution in [-0.2, 0) is 4.79 Å². The van der Waals surface area contributed by atoms with Gasteiger partial charge in [-0.15, -0.1) is 0 Å². The smallest absolute Gasteiger partial charge is 0.251 e. The molecule has 0 spiro atoms. The van der Waals surface area contributed by atoms with Gasteiger partial charge in [0, 0.05) is 28.8 Å². The Bertz CT molecular complexity index is 1520. The summed E-state index contributed by atoms with van der Waals surface area (Å²) in [6.07, 6.45) is 4.49. The SMILES string of the molecule is C=CC(=O)Nc1ccccc1Nc1ccc2c(C(=O)c3cc(C(=O)NC4CC4)ccc3F)c[nH]c2n1. The minimum Gasteiger partial charge on any atom is -0.349 e. The molecule has 0 unspecified atom stereocenters. The fraction of sp³-hybridized carbons (Fsp3) is 0.111. The highest BCUT2D eigenvalue weighted by Crippen LogP contribution is 2.28. The lowest BCUT2D eigenvalue weighted by molar-refractivity contribution is -0.111. The van der Waals surface area contributed by atoms with Crippen molar-refractivity contribution in [1.29, 1.82) is 0 Å². The van der Waals surface area contributed by atoms with Gasteiger partial charge in [-0.25, -0.2) is 9.37 Å². The van der Waals surface area contributed by atoms with Gasteiger partial charge in [0.2, 0.25) is 5.91 Å². The number of carbonyl (C=O) groups is 3. The summed E-state index contributed by atoms with van der Waals surface area (Å²) in [4.78, 5) is 44.8. The highest BCUT2D eigenvalue weighted by Gasteiger charge is 2.25. The van der Waals surface area contributed by atoms with Crippen LogP contribution in [0.4, 0.5) is 21.6 Å². The number of anilines is 3. The van der Waals surface area contributed by atoms with Gasteiger partial charge in [0.15, 0.2) is 5.78 Å². The molecule has 0 aliphatic heterocycles. The summed E-state index contributed by atoms with van der Waals surface area (Å²) in [6, 6.07) is 14.4. The molecule has 4 aromatic rings. The molecule has 0 bridgehead atoms. The Hall–Kier alpha value is -4.79. The molecule has 0 atom stereocenters. The lowest BCUT2D eigenvalue weighted by Gasteiger charge is -2.11. The molecule has 2 amide bonds. The lowest BCUT2D eigenvalue weighted by atomic mass is 10.0. The van der Waals surface area contributed by atoms with Crippen molar-refractivity contribution in [3.05, 3.63) is 96.0 Å². The Morgan fingerprint density at radius 1 is 1.03 bits per heavy atom. The normalized spacial score (nSPS) is 12.7. The minimum absolute atomic E-state index is 0.148. The first kappa shape index (κ1) is 23.0. The number of aromatic amines is 1. The van der Waals surface area contributed by atoms with Crippen LogP contribution in [0.25, 0.3) is 11.0 Å². The molecule has 4 N–H and O–H groups in total. The molecule has 1 aliphatic rings. The van der Waals surface area contributed by atoms with E-state index in [9.17, 15) is 18.8 Å². The Kier molecular flexibility index (Phi) is 6.03. The van der Waals surface area contributed by atoms with Crippen molar-refractivity contribution >= 4 is 45.8 Å². The first-order valence-corrected chi connectivity index (χ1v) is 11.4. The maximum Gasteiger partial charge on any atom is 0.251 e. The molecule has 1 aliphatic carbocycles. The number of benzene rings is 2. The number of hydrogen-bond donors (Lipinski definition) is 4. The zero-order valence-corrected chi connectivity index (χ0v) is 19.1. The summed E-state index contributed by atoms with van der Waals surface area (Å²) in [6.45, 7) is 3.46. The van der Waals surface area contributed by atoms with E-state index in [1.165, 1.54) is 24.4 Å². The number of carbonyl (C=O) groups excluding carboxylic acids is 3. The summed E-state index contributed by atoms with van der Waals surface area (Å²) < 4.78 is 14.6. The first-order chi connectivity index (χ1) is 17.4. The van der Waals surface area contributed by atoms with Crippen molar-refractivity contribution in [3.8, 4) is 0 Å². The van der Waals surface area contributed by atoms with Crippen LogP contribution < -0.4 is 16.0 Å². The molecule has 2 heterocycles. The molecule has 1 saturated carbocycles. The van der Waals surface area contributed by atoms with Crippen molar-refractivity contribution < 1.29 is 18.8 Å². The number of para-hydroxylation sites is 2. The number of amides is 2. The number of nitrogens with one attached hydrogen (secondary N) is 4. The monoisotopic (exact) mass is 483 g/mol. The van der Waals surface area contributed by atoms with Crippen molar-refractivity contribution in [3.63, 3.8) is 0 Å². The number of pyridine rings is 1. The van der Waals surface area contributed by atoms with Gasteiger partial charge in [0.1, 0.15) is 17.3 Å². The summed E-state index contributed by atoms with van der Waals surface area (Å²) in [5.74, 6) is -1.47. The number of fused-ring (bicyclic) bond motifs is 1. The Morgan fingerprint density at radius 2 is 1.81 bits per heavy atom. The predicted octanol–water partition coefficient (Wildman–Crippen LogP) is 4.69. The van der Waals surface area contributed by atoms with E-state index in [0.717, 1.165) is 18.9 Å². The number of halogens is 1. The van der Waals surface area contributed by atoms with Crippen molar-refractivity contribution in [2.45, 2.75) is 18.9 Å². The second-order valence-electron chi connectivity index (χ2n) is 8.43. The maximum atomic E-state index is 14.6. The quantitative estimate of drug-likeness (QED) is 0.214. The van der Waals surface area contributed by atoms with E-state index in [0.29, 0.717) is 28.2 Å². The topological polar surface area (TPSA) is 116 Å². The largest absolute Gasteiger partial charge is 0.349 e. The number of hydrogen-bond acceptors (Lipinski definition) is 5. The number of rotatable bonds is 8. The van der Waals surface area contributed by atoms with E-state index in [4.69, 9.17) is 0 Å². The van der Waals surface area contributed by atoms with E-state index in [-0.39, 0.29) is 34.5 Å². The molecule has 2 aromatic carbocycles. The average molecular weight is 484 g/mol. The number of aromatic nitrogens is 2. The van der Waals surface area contributed by atoms with Crippen LogP contribution in [0.1, 0.15) is 39.1 Å². The molecule has 180 valence electrons. The number of ketones is 1. The Labute approximate surface area is 205 Å². The van der Waals surface area contributed by atoms with Crippen LogP contribution in [0.2, 0.25) is 0 Å². The van der Waals surface area contributed by atoms with Gasteiger partial charge in [0.05, 0.1) is 16.9 Å². The highest BCUT2D eigenvalue weighted by molar-refractivity contribution is 6.16. The fourth-order valence-corrected chi connectivity index (χ4v) is 3.77. The van der Waals surface area contributed by atoms with Crippen LogP contribution in [0, 0.1) is 5.82 Å². The summed E-state index contributed by atoms with van der Waals surface area (Å²) in [5.41, 5.74) is 1.87. The molecule has 0 radical (unpaired) electrons. The molecule has 36 heavy (non-hydrogen) atoms. The van der Waals surface area contributed by atoms with Crippen LogP contribution in [0.5, 0.6) is 0 Å². The molecule has 8 nitrogen and oxygen atoms in total. The Balaban J connectivity index is 1.41. The van der Waals surface area contributed by atoms with Gasteiger partial charge < -0.3 is 20.9 Å². The van der Waals surface area contributed by atoms with Crippen LogP contribution in [0.3, 0.4) is 0 Å². The van der Waals surface area contributed by atoms with Crippen molar-refractivity contribution in [2.75, 3.05) is 10.6 Å². The number of nitrogens with zero attached hydrogens (tertiary/aromatic N) is 1. The van der Waals surface area contributed by atoms with E-state index in [1.807, 2.05) is 6.07 Å². The minimum atomic E-state index is -0.707. The third-order valence-corrected chi connectivity index (χ3v) is 5.80. The van der Waals surface area contributed by atoms with E-state index in [2.05, 4.69) is 32.5 Å². The molecule has 9 heteroatoms. The van der Waals surface area contributed by atoms with Crippen LogP contribution >= 0.6 is 0 Å². The molecular formula is C27H22FN5O3. The third-order valence-electron chi connectivity index (χ3n) is 5.80. The van der Waals surface area contributed by atoms with Crippen molar-refractivity contribution in [2.24, 2.45) is 0 Å². The summed E-state index contributed by atoms with van der Waals surface area (Å²) in [5, 5.41) is 9.21. The van der Waals surface area contributed by atoms with Gasteiger partial charge in [-0.3, -0.25) is 14.4 Å². The van der Waals surface area contributed by atoms with Crippen LogP contribution in [0.15, 0.2) is 73.4 Å². The van der Waals surface area contributed by atoms with Gasteiger partial charge in [0.25, 0.3) is 5.91 Å². The molecule has 5 rings (SSSR count). The fourth-order valence-electron chi connectivity index (χ4n) is 3.77. The molecule has 2 aromatic heterocycles. The zero-order chi connectivity index (χ0) is 25.2. The lowest BCUT2D eigenvalue weighted by Crippen LogP contribution is -2.25. The second kappa shape index (κ2) is 9.46. The molecule has 0 saturated heterocycles. The number of H-pyrrole nitrogens is 1. The van der Waals surface area contributed by atoms with Gasteiger partial charge in [-0.1, -0.05) is 18.7 Å². The second-order valence-corrected chi connectivity index (χ2v) is 8.43. The van der Waals surface area contributed by atoms with Crippen molar-refractivity contribution in [1.82, 2.24) is 15.3 Å². The van der Waals surface area contributed by atoms with Gasteiger partial charge in [-0.05, 0) is 61.4 Å². The van der Waals surface area contributed by atoms with E-state index >= 15 is 0 Å². The Morgan fingerprint density at radius 3 is 2.56 bits per heavy atom. The molecule has 1 fully saturated rings. The third kappa shape index (κ3) is 4.72. The molecular weight excluding hydrogens is 461 g/mol. The van der Waals surface area contributed by atoms with E-state index < -0.39 is 11.6 Å². The summed E-state index contributed by atoms with van der Waals surface area (Å²) in [7, 11) is 0. The van der Waals surface area contributed by atoms with Crippen LogP contribution in [-0.4, -0.2) is 33.6 Å². The van der Waals surface area contributed by atoms with Gasteiger partial charge in [-0.2, -0.15) is 0 Å². The standard InChI is InChI=1S/C27H22FN5O3/c1-2-24(34)32-22-6-4-3-5-21(22)31-23-12-10-17-19(14-29-26(17)33-23)25(35)18-13-15(7-11-20(18)28)27(36)30-16-8-9-16/h2-7,10-14,16H,1,8-9H2,(H,30,36)(H,32,34)(H2,29,31,33). The first-order valence-electron chi connectivity index (χ1n) is 11.4. The zero-order valence-electron chi connectivity index (χ0n) is 19.1. The maximum absolute atomic E-state index is 14.6. The summed E-state index contributed by atoms with van der Waals surface area (Å²) >= 11 is 0. The average Bonchev–Trinajstić information content (AvgIpc) is 3.60. The predicted molar refractivity (Wildman–Crippen MR) is 135 cm³/mol. The van der Waals surface area contributed by atoms with Gasteiger partial charge >= 0.3 is 0 Å². The van der Waals surface area contributed by atoms with E-state index in [1.54, 1.807) is 30.3 Å². The highest BCUT2D eigenvalue weighted by atomic mass is 19.1.